The number of ether oxygens (including phenoxy) is 1. The van der Waals surface area contributed by atoms with Crippen molar-refractivity contribution >= 4 is 11.8 Å². The number of carbonyl (C=O) groups is 2. The molecule has 3 rings (SSSR count). The molecular formula is C19H32N2O4. The molecule has 142 valence electrons. The smallest absolute Gasteiger partial charge is 0.248 e. The number of nitrogens with zero attached hydrogens (tertiary/aromatic N) is 2. The van der Waals surface area contributed by atoms with Gasteiger partial charge >= 0.3 is 0 Å². The van der Waals surface area contributed by atoms with E-state index in [0.717, 1.165) is 38.5 Å². The topological polar surface area (TPSA) is 70.1 Å². The Morgan fingerprint density at radius 3 is 2.48 bits per heavy atom. The summed E-state index contributed by atoms with van der Waals surface area (Å²) in [7, 11) is 1.53. The lowest BCUT2D eigenvalue weighted by Crippen LogP contribution is -2.61. The fraction of sp³-hybridized carbons (Fsp3) is 0.895. The molecule has 2 aliphatic heterocycles. The van der Waals surface area contributed by atoms with Crippen molar-refractivity contribution in [1.29, 1.82) is 0 Å². The summed E-state index contributed by atoms with van der Waals surface area (Å²) < 4.78 is 4.98. The molecule has 1 aliphatic carbocycles. The van der Waals surface area contributed by atoms with E-state index >= 15 is 0 Å². The summed E-state index contributed by atoms with van der Waals surface area (Å²) in [4.78, 5) is 29.0. The second-order valence-corrected chi connectivity index (χ2v) is 8.11. The highest BCUT2D eigenvalue weighted by Crippen LogP contribution is 2.40. The monoisotopic (exact) mass is 352 g/mol. The molecular weight excluding hydrogens is 320 g/mol. The van der Waals surface area contributed by atoms with E-state index in [4.69, 9.17) is 4.74 Å². The molecule has 1 spiro atoms. The largest absolute Gasteiger partial charge is 0.392 e. The zero-order valence-electron chi connectivity index (χ0n) is 15.4. The molecule has 0 aromatic carbocycles. The number of aliphatic hydroxyl groups is 1. The van der Waals surface area contributed by atoms with Crippen molar-refractivity contribution in [2.75, 3.05) is 39.9 Å². The van der Waals surface area contributed by atoms with Crippen molar-refractivity contribution in [3.05, 3.63) is 0 Å². The van der Waals surface area contributed by atoms with Gasteiger partial charge in [0.1, 0.15) is 6.61 Å². The van der Waals surface area contributed by atoms with Crippen LogP contribution < -0.4 is 0 Å². The molecule has 6 nitrogen and oxygen atoms in total. The number of likely N-dealkylation sites (tertiary alicyclic amines) is 2. The lowest BCUT2D eigenvalue weighted by molar-refractivity contribution is -0.153. The Hall–Kier alpha value is -1.14. The van der Waals surface area contributed by atoms with Crippen LogP contribution in [-0.4, -0.2) is 72.7 Å². The lowest BCUT2D eigenvalue weighted by Gasteiger charge is -2.51. The predicted octanol–water partition coefficient (Wildman–Crippen LogP) is 1.42. The van der Waals surface area contributed by atoms with Crippen LogP contribution in [0.5, 0.6) is 0 Å². The minimum atomic E-state index is -0.443. The molecule has 0 bridgehead atoms. The second-order valence-electron chi connectivity index (χ2n) is 8.11. The molecule has 1 saturated carbocycles. The molecule has 25 heavy (non-hydrogen) atoms. The third kappa shape index (κ3) is 4.00. The van der Waals surface area contributed by atoms with Crippen molar-refractivity contribution in [2.24, 2.45) is 11.3 Å². The highest BCUT2D eigenvalue weighted by Gasteiger charge is 2.47. The predicted molar refractivity (Wildman–Crippen MR) is 93.9 cm³/mol. The average molecular weight is 352 g/mol. The zero-order valence-corrected chi connectivity index (χ0v) is 15.4. The first-order chi connectivity index (χ1) is 12.1. The van der Waals surface area contributed by atoms with Crippen LogP contribution in [0.4, 0.5) is 0 Å². The van der Waals surface area contributed by atoms with Gasteiger partial charge in [-0.05, 0) is 32.1 Å². The van der Waals surface area contributed by atoms with Gasteiger partial charge in [-0.2, -0.15) is 0 Å². The van der Waals surface area contributed by atoms with Crippen LogP contribution in [0.25, 0.3) is 0 Å². The first-order valence-electron chi connectivity index (χ1n) is 9.79. The number of piperidine rings is 2. The molecule has 3 aliphatic rings. The minimum absolute atomic E-state index is 0.0236. The summed E-state index contributed by atoms with van der Waals surface area (Å²) in [5.41, 5.74) is -0.371. The lowest BCUT2D eigenvalue weighted by atomic mass is 9.71. The maximum atomic E-state index is 12.9. The maximum Gasteiger partial charge on any atom is 0.248 e. The molecule has 0 unspecified atom stereocenters. The van der Waals surface area contributed by atoms with Gasteiger partial charge in [0.2, 0.25) is 11.8 Å². The molecule has 0 aromatic heterocycles. The first kappa shape index (κ1) is 18.6. The third-order valence-corrected chi connectivity index (χ3v) is 6.38. The molecule has 2 amide bonds. The van der Waals surface area contributed by atoms with Crippen LogP contribution in [0.2, 0.25) is 0 Å². The standard InChI is InChI=1S/C19H32N2O4/c1-25-12-17(23)20-10-5-9-19(13-20)14-21(11-8-16(19)22)18(24)15-6-3-2-4-7-15/h15-16,22H,2-14H2,1H3/t16-,19+/m1/s1. The van der Waals surface area contributed by atoms with Gasteiger partial charge in [-0.3, -0.25) is 9.59 Å². The Balaban J connectivity index is 1.68. The average Bonchev–Trinajstić information content (AvgIpc) is 2.64. The Kier molecular flexibility index (Phi) is 6.00. The van der Waals surface area contributed by atoms with Gasteiger partial charge in [0.15, 0.2) is 0 Å². The number of hydrogen-bond acceptors (Lipinski definition) is 4. The van der Waals surface area contributed by atoms with Crippen molar-refractivity contribution in [3.8, 4) is 0 Å². The number of methoxy groups -OCH3 is 1. The van der Waals surface area contributed by atoms with E-state index in [2.05, 4.69) is 0 Å². The molecule has 2 heterocycles. The Morgan fingerprint density at radius 1 is 1.04 bits per heavy atom. The van der Waals surface area contributed by atoms with Crippen LogP contribution in [0, 0.1) is 11.3 Å². The van der Waals surface area contributed by atoms with Gasteiger partial charge in [-0.15, -0.1) is 0 Å². The van der Waals surface area contributed by atoms with Crippen LogP contribution in [0.15, 0.2) is 0 Å². The number of amides is 2. The number of carbonyl (C=O) groups excluding carboxylic acids is 2. The molecule has 2 saturated heterocycles. The van der Waals surface area contributed by atoms with E-state index in [1.54, 1.807) is 0 Å². The van der Waals surface area contributed by atoms with Crippen LogP contribution >= 0.6 is 0 Å². The van der Waals surface area contributed by atoms with Gasteiger partial charge in [0, 0.05) is 44.6 Å². The van der Waals surface area contributed by atoms with Crippen molar-refractivity contribution in [2.45, 2.75) is 57.5 Å². The van der Waals surface area contributed by atoms with Crippen molar-refractivity contribution in [1.82, 2.24) is 9.80 Å². The number of hydrogen-bond donors (Lipinski definition) is 1. The third-order valence-electron chi connectivity index (χ3n) is 6.38. The van der Waals surface area contributed by atoms with Gasteiger partial charge in [0.05, 0.1) is 6.10 Å². The molecule has 6 heteroatoms. The zero-order chi connectivity index (χ0) is 17.9. The highest BCUT2D eigenvalue weighted by atomic mass is 16.5. The van der Waals surface area contributed by atoms with Gasteiger partial charge < -0.3 is 19.6 Å². The van der Waals surface area contributed by atoms with E-state index < -0.39 is 6.10 Å². The number of aliphatic hydroxyl groups excluding tert-OH is 1. The summed E-state index contributed by atoms with van der Waals surface area (Å²) in [5, 5.41) is 10.7. The first-order valence-corrected chi connectivity index (χ1v) is 9.79. The second kappa shape index (κ2) is 8.04. The molecule has 1 N–H and O–H groups in total. The van der Waals surface area contributed by atoms with Gasteiger partial charge in [-0.25, -0.2) is 0 Å². The molecule has 3 fully saturated rings. The van der Waals surface area contributed by atoms with Gasteiger partial charge in [-0.1, -0.05) is 19.3 Å². The minimum Gasteiger partial charge on any atom is -0.392 e. The Labute approximate surface area is 150 Å². The van der Waals surface area contributed by atoms with Crippen LogP contribution in [0.3, 0.4) is 0 Å². The SMILES string of the molecule is COCC(=O)N1CCC[C@]2(C1)CN(C(=O)C1CCCCC1)CC[C@H]2O. The van der Waals surface area contributed by atoms with E-state index in [9.17, 15) is 14.7 Å². The highest BCUT2D eigenvalue weighted by molar-refractivity contribution is 5.79. The summed E-state index contributed by atoms with van der Waals surface area (Å²) in [6.07, 6.45) is 7.47. The summed E-state index contributed by atoms with van der Waals surface area (Å²) in [6, 6.07) is 0. The van der Waals surface area contributed by atoms with E-state index in [1.807, 2.05) is 9.80 Å². The fourth-order valence-electron chi connectivity index (χ4n) is 4.93. The van der Waals surface area contributed by atoms with Crippen LogP contribution in [0.1, 0.15) is 51.4 Å². The molecule has 2 atom stereocenters. The summed E-state index contributed by atoms with van der Waals surface area (Å²) in [6.45, 7) is 2.56. The Bertz CT molecular complexity index is 492. The summed E-state index contributed by atoms with van der Waals surface area (Å²) >= 11 is 0. The fourth-order valence-corrected chi connectivity index (χ4v) is 4.93. The van der Waals surface area contributed by atoms with E-state index in [0.29, 0.717) is 32.6 Å². The van der Waals surface area contributed by atoms with E-state index in [-0.39, 0.29) is 29.8 Å². The Morgan fingerprint density at radius 2 is 1.76 bits per heavy atom. The van der Waals surface area contributed by atoms with Gasteiger partial charge in [0.25, 0.3) is 0 Å². The van der Waals surface area contributed by atoms with E-state index in [1.165, 1.54) is 13.5 Å². The van der Waals surface area contributed by atoms with Crippen molar-refractivity contribution in [3.63, 3.8) is 0 Å². The van der Waals surface area contributed by atoms with Crippen molar-refractivity contribution < 1.29 is 19.4 Å². The van der Waals surface area contributed by atoms with Crippen LogP contribution in [-0.2, 0) is 14.3 Å². The molecule has 0 aromatic rings. The summed E-state index contributed by atoms with van der Waals surface area (Å²) in [5.74, 6) is 0.409. The molecule has 0 radical (unpaired) electrons. The maximum absolute atomic E-state index is 12.9. The number of rotatable bonds is 3. The normalized spacial score (nSPS) is 31.4. The quantitative estimate of drug-likeness (QED) is 0.834.